The number of rotatable bonds is 11. The number of hydrogen-bond acceptors (Lipinski definition) is 5. The molecule has 0 rings (SSSR count). The SMILES string of the molecule is CCN(CC(O)COCCOC)C(C)CN(C)C. The van der Waals surface area contributed by atoms with E-state index in [0.717, 1.165) is 13.1 Å². The van der Waals surface area contributed by atoms with Crippen molar-refractivity contribution in [2.75, 3.05) is 60.7 Å². The van der Waals surface area contributed by atoms with E-state index in [4.69, 9.17) is 9.47 Å². The summed E-state index contributed by atoms with van der Waals surface area (Å²) in [6.45, 7) is 8.35. The van der Waals surface area contributed by atoms with Crippen LogP contribution in [0.2, 0.25) is 0 Å². The van der Waals surface area contributed by atoms with Crippen LogP contribution < -0.4 is 0 Å². The zero-order valence-electron chi connectivity index (χ0n) is 12.6. The van der Waals surface area contributed by atoms with E-state index in [1.807, 2.05) is 0 Å². The fourth-order valence-electron chi connectivity index (χ4n) is 1.95. The number of aliphatic hydroxyl groups is 1. The van der Waals surface area contributed by atoms with E-state index in [-0.39, 0.29) is 0 Å². The first-order chi connectivity index (χ1) is 8.51. The second-order valence-electron chi connectivity index (χ2n) is 4.92. The Labute approximate surface area is 112 Å². The zero-order valence-corrected chi connectivity index (χ0v) is 12.6. The van der Waals surface area contributed by atoms with Crippen LogP contribution in [0.15, 0.2) is 0 Å². The molecule has 0 aromatic heterocycles. The summed E-state index contributed by atoms with van der Waals surface area (Å²) >= 11 is 0. The molecule has 1 N–H and O–H groups in total. The maximum absolute atomic E-state index is 9.91. The fraction of sp³-hybridized carbons (Fsp3) is 1.00. The van der Waals surface area contributed by atoms with Crippen molar-refractivity contribution in [3.8, 4) is 0 Å². The smallest absolute Gasteiger partial charge is 0.0900 e. The van der Waals surface area contributed by atoms with Crippen LogP contribution in [0.25, 0.3) is 0 Å². The predicted octanol–water partition coefficient (Wildman–Crippen LogP) is 0.282. The molecule has 5 nitrogen and oxygen atoms in total. The molecule has 0 radical (unpaired) electrons. The Balaban J connectivity index is 3.88. The molecule has 2 atom stereocenters. The fourth-order valence-corrected chi connectivity index (χ4v) is 1.95. The average Bonchev–Trinajstić information content (AvgIpc) is 2.30. The Bertz CT molecular complexity index is 191. The lowest BCUT2D eigenvalue weighted by atomic mass is 10.2. The lowest BCUT2D eigenvalue weighted by molar-refractivity contribution is -0.00591. The Kier molecular flexibility index (Phi) is 10.6. The monoisotopic (exact) mass is 262 g/mol. The van der Waals surface area contributed by atoms with Gasteiger partial charge in [-0.2, -0.15) is 0 Å². The highest BCUT2D eigenvalue weighted by Crippen LogP contribution is 2.02. The molecule has 0 heterocycles. The van der Waals surface area contributed by atoms with Crippen LogP contribution in [0.1, 0.15) is 13.8 Å². The summed E-state index contributed by atoms with van der Waals surface area (Å²) in [6.07, 6.45) is -0.439. The van der Waals surface area contributed by atoms with E-state index in [1.54, 1.807) is 7.11 Å². The minimum Gasteiger partial charge on any atom is -0.389 e. The van der Waals surface area contributed by atoms with E-state index in [0.29, 0.717) is 32.4 Å². The van der Waals surface area contributed by atoms with Gasteiger partial charge in [0.15, 0.2) is 0 Å². The van der Waals surface area contributed by atoms with Gasteiger partial charge in [-0.1, -0.05) is 6.92 Å². The summed E-state index contributed by atoms with van der Waals surface area (Å²) in [5, 5.41) is 9.91. The predicted molar refractivity (Wildman–Crippen MR) is 74.0 cm³/mol. The van der Waals surface area contributed by atoms with Gasteiger partial charge >= 0.3 is 0 Å². The van der Waals surface area contributed by atoms with E-state index in [2.05, 4.69) is 37.7 Å². The van der Waals surface area contributed by atoms with Crippen molar-refractivity contribution in [1.29, 1.82) is 0 Å². The van der Waals surface area contributed by atoms with Crippen molar-refractivity contribution in [2.24, 2.45) is 0 Å². The van der Waals surface area contributed by atoms with Crippen molar-refractivity contribution in [2.45, 2.75) is 26.0 Å². The van der Waals surface area contributed by atoms with Gasteiger partial charge in [0, 0.05) is 26.2 Å². The Hall–Kier alpha value is -0.200. The first-order valence-electron chi connectivity index (χ1n) is 6.64. The van der Waals surface area contributed by atoms with Gasteiger partial charge in [0.05, 0.1) is 25.9 Å². The quantitative estimate of drug-likeness (QED) is 0.542. The number of aliphatic hydroxyl groups excluding tert-OH is 1. The van der Waals surface area contributed by atoms with E-state index < -0.39 is 6.10 Å². The highest BCUT2D eigenvalue weighted by atomic mass is 16.5. The van der Waals surface area contributed by atoms with E-state index in [9.17, 15) is 5.11 Å². The number of methoxy groups -OCH3 is 1. The first kappa shape index (κ1) is 17.8. The second kappa shape index (κ2) is 10.7. The van der Waals surface area contributed by atoms with Gasteiger partial charge in [0.1, 0.15) is 0 Å². The molecule has 0 fully saturated rings. The van der Waals surface area contributed by atoms with E-state index >= 15 is 0 Å². The summed E-state index contributed by atoms with van der Waals surface area (Å²) in [5.74, 6) is 0. The van der Waals surface area contributed by atoms with Crippen LogP contribution >= 0.6 is 0 Å². The van der Waals surface area contributed by atoms with Gasteiger partial charge in [0.2, 0.25) is 0 Å². The standard InChI is InChI=1S/C13H30N2O3/c1-6-15(12(2)9-14(3)4)10-13(16)11-18-8-7-17-5/h12-13,16H,6-11H2,1-5H3. The Morgan fingerprint density at radius 2 is 1.83 bits per heavy atom. The highest BCUT2D eigenvalue weighted by Gasteiger charge is 2.16. The van der Waals surface area contributed by atoms with Crippen LogP contribution in [0.4, 0.5) is 0 Å². The largest absolute Gasteiger partial charge is 0.389 e. The zero-order chi connectivity index (χ0) is 14.0. The maximum Gasteiger partial charge on any atom is 0.0900 e. The van der Waals surface area contributed by atoms with Crippen molar-refractivity contribution in [1.82, 2.24) is 9.80 Å². The van der Waals surface area contributed by atoms with Gasteiger partial charge in [0.25, 0.3) is 0 Å². The topological polar surface area (TPSA) is 45.2 Å². The number of hydrogen-bond donors (Lipinski definition) is 1. The Morgan fingerprint density at radius 1 is 1.17 bits per heavy atom. The molecule has 0 aromatic rings. The van der Waals surface area contributed by atoms with Crippen molar-refractivity contribution >= 4 is 0 Å². The normalized spacial score (nSPS) is 15.3. The molecule has 2 unspecified atom stereocenters. The number of ether oxygens (including phenoxy) is 2. The molecule has 0 aliphatic carbocycles. The highest BCUT2D eigenvalue weighted by molar-refractivity contribution is 4.71. The molecule has 0 saturated heterocycles. The molecule has 0 aromatic carbocycles. The molecule has 0 aliphatic heterocycles. The van der Waals surface area contributed by atoms with Gasteiger partial charge in [-0.05, 0) is 27.6 Å². The van der Waals surface area contributed by atoms with Gasteiger partial charge in [-0.25, -0.2) is 0 Å². The van der Waals surface area contributed by atoms with E-state index in [1.165, 1.54) is 0 Å². The molecular weight excluding hydrogens is 232 g/mol. The van der Waals surface area contributed by atoms with Crippen molar-refractivity contribution in [3.05, 3.63) is 0 Å². The van der Waals surface area contributed by atoms with Crippen LogP contribution in [0.3, 0.4) is 0 Å². The third-order valence-corrected chi connectivity index (χ3v) is 2.85. The molecule has 0 spiro atoms. The number of likely N-dealkylation sites (N-methyl/N-ethyl adjacent to an activating group) is 2. The third kappa shape index (κ3) is 8.83. The molecule has 0 amide bonds. The van der Waals surface area contributed by atoms with Crippen LogP contribution in [-0.2, 0) is 9.47 Å². The van der Waals surface area contributed by atoms with Crippen LogP contribution in [0, 0.1) is 0 Å². The molecule has 0 aliphatic rings. The molecule has 5 heteroatoms. The Morgan fingerprint density at radius 3 is 2.33 bits per heavy atom. The number of nitrogens with zero attached hydrogens (tertiary/aromatic N) is 2. The average molecular weight is 262 g/mol. The summed E-state index contributed by atoms with van der Waals surface area (Å²) < 4.78 is 10.2. The minimum atomic E-state index is -0.439. The molecule has 0 bridgehead atoms. The molecular formula is C13H30N2O3. The van der Waals surface area contributed by atoms with Crippen LogP contribution in [-0.4, -0.2) is 87.7 Å². The first-order valence-corrected chi connectivity index (χ1v) is 6.64. The minimum absolute atomic E-state index is 0.370. The third-order valence-electron chi connectivity index (χ3n) is 2.85. The molecule has 110 valence electrons. The van der Waals surface area contributed by atoms with Gasteiger partial charge < -0.3 is 19.5 Å². The van der Waals surface area contributed by atoms with Gasteiger partial charge in [-0.15, -0.1) is 0 Å². The maximum atomic E-state index is 9.91. The summed E-state index contributed by atoms with van der Waals surface area (Å²) in [6, 6.07) is 0.429. The summed E-state index contributed by atoms with van der Waals surface area (Å²) in [7, 11) is 5.77. The lowest BCUT2D eigenvalue weighted by Crippen LogP contribution is -2.44. The summed E-state index contributed by atoms with van der Waals surface area (Å²) in [5.41, 5.74) is 0. The van der Waals surface area contributed by atoms with Crippen molar-refractivity contribution in [3.63, 3.8) is 0 Å². The summed E-state index contributed by atoms with van der Waals surface area (Å²) in [4.78, 5) is 4.43. The van der Waals surface area contributed by atoms with Crippen molar-refractivity contribution < 1.29 is 14.6 Å². The lowest BCUT2D eigenvalue weighted by Gasteiger charge is -2.31. The van der Waals surface area contributed by atoms with Gasteiger partial charge in [-0.3, -0.25) is 4.90 Å². The molecule has 0 saturated carbocycles. The molecule has 18 heavy (non-hydrogen) atoms. The van der Waals surface area contributed by atoms with Crippen LogP contribution in [0.5, 0.6) is 0 Å². The second-order valence-corrected chi connectivity index (χ2v) is 4.92.